The number of aromatic nitrogens is 2. The molecule has 1 atom stereocenters. The summed E-state index contributed by atoms with van der Waals surface area (Å²) >= 11 is 3.42. The Morgan fingerprint density at radius 2 is 2.29 bits per heavy atom. The van der Waals surface area contributed by atoms with Gasteiger partial charge in [-0.3, -0.25) is 0 Å². The summed E-state index contributed by atoms with van der Waals surface area (Å²) in [6.45, 7) is 1.99. The number of carbonyl (C=O) groups excluding carboxylic acids is 1. The second-order valence-corrected chi connectivity index (χ2v) is 6.95. The summed E-state index contributed by atoms with van der Waals surface area (Å²) in [6, 6.07) is 0. The summed E-state index contributed by atoms with van der Waals surface area (Å²) in [5, 5.41) is 3.35. The molecule has 2 fully saturated rings. The van der Waals surface area contributed by atoms with Crippen molar-refractivity contribution < 1.29 is 14.3 Å². The third-order valence-corrected chi connectivity index (χ3v) is 5.05. The molecular weight excluding hydrogens is 338 g/mol. The molecule has 1 spiro atoms. The largest absolute Gasteiger partial charge is 0.467 e. The number of imidazole rings is 1. The number of esters is 1. The van der Waals surface area contributed by atoms with Crippen LogP contribution in [0.4, 0.5) is 0 Å². The van der Waals surface area contributed by atoms with Gasteiger partial charge in [0.15, 0.2) is 0 Å². The van der Waals surface area contributed by atoms with Crippen LogP contribution in [0.15, 0.2) is 10.8 Å². The zero-order valence-corrected chi connectivity index (χ0v) is 13.9. The monoisotopic (exact) mass is 357 g/mol. The quantitative estimate of drug-likeness (QED) is 0.823. The molecule has 0 aromatic carbocycles. The summed E-state index contributed by atoms with van der Waals surface area (Å²) in [4.78, 5) is 16.1. The fourth-order valence-electron chi connectivity index (χ4n) is 3.52. The number of methoxy groups -OCH3 is 1. The van der Waals surface area contributed by atoms with Gasteiger partial charge >= 0.3 is 5.97 Å². The number of halogens is 1. The van der Waals surface area contributed by atoms with E-state index in [1.54, 1.807) is 0 Å². The fraction of sp³-hybridized carbons (Fsp3) is 0.714. The van der Waals surface area contributed by atoms with Gasteiger partial charge < -0.3 is 19.4 Å². The van der Waals surface area contributed by atoms with Crippen molar-refractivity contribution in [2.24, 2.45) is 12.5 Å². The van der Waals surface area contributed by atoms with Crippen molar-refractivity contribution in [3.8, 4) is 0 Å². The maximum Gasteiger partial charge on any atom is 0.331 e. The molecule has 1 aromatic rings. The minimum atomic E-state index is -0.503. The molecular formula is C14H20BrN3O3. The Morgan fingerprint density at radius 3 is 2.76 bits per heavy atom. The number of hydrogen-bond donors (Lipinski definition) is 1. The molecule has 1 unspecified atom stereocenters. The van der Waals surface area contributed by atoms with Crippen LogP contribution in [0.5, 0.6) is 0 Å². The molecule has 1 saturated carbocycles. The highest BCUT2D eigenvalue weighted by atomic mass is 79.9. The lowest BCUT2D eigenvalue weighted by atomic mass is 9.78. The number of ether oxygens (including phenoxy) is 2. The van der Waals surface area contributed by atoms with Crippen LogP contribution in [0.2, 0.25) is 0 Å². The maximum absolute atomic E-state index is 11.5. The lowest BCUT2D eigenvalue weighted by Crippen LogP contribution is -2.53. The van der Waals surface area contributed by atoms with Crippen LogP contribution in [0.25, 0.3) is 0 Å². The van der Waals surface area contributed by atoms with Crippen molar-refractivity contribution in [1.82, 2.24) is 14.9 Å². The lowest BCUT2D eigenvalue weighted by molar-refractivity contribution is -0.155. The van der Waals surface area contributed by atoms with E-state index in [4.69, 9.17) is 9.47 Å². The fourth-order valence-corrected chi connectivity index (χ4v) is 3.99. The predicted octanol–water partition coefficient (Wildman–Crippen LogP) is 1.34. The van der Waals surface area contributed by atoms with E-state index in [1.807, 2.05) is 17.8 Å². The number of hydrogen-bond acceptors (Lipinski definition) is 5. The van der Waals surface area contributed by atoms with Crippen LogP contribution in [0, 0.1) is 5.41 Å². The SMILES string of the molecule is COC(=O)COC1(c2nc(Br)cn2C)CCC2(CNC2)C1. The molecule has 116 valence electrons. The molecule has 6 nitrogen and oxygen atoms in total. The first-order valence-corrected chi connectivity index (χ1v) is 7.89. The van der Waals surface area contributed by atoms with Gasteiger partial charge in [0.1, 0.15) is 22.6 Å². The van der Waals surface area contributed by atoms with Crippen LogP contribution in [0.3, 0.4) is 0 Å². The van der Waals surface area contributed by atoms with Crippen molar-refractivity contribution in [2.75, 3.05) is 26.8 Å². The normalized spacial score (nSPS) is 26.8. The van der Waals surface area contributed by atoms with E-state index in [9.17, 15) is 4.79 Å². The van der Waals surface area contributed by atoms with Gasteiger partial charge in [-0.25, -0.2) is 9.78 Å². The van der Waals surface area contributed by atoms with Crippen LogP contribution in [-0.2, 0) is 26.9 Å². The number of nitrogens with one attached hydrogen (secondary N) is 1. The zero-order valence-electron chi connectivity index (χ0n) is 12.3. The maximum atomic E-state index is 11.5. The van der Waals surface area contributed by atoms with Gasteiger partial charge in [-0.05, 0) is 40.6 Å². The van der Waals surface area contributed by atoms with Gasteiger partial charge in [-0.1, -0.05) is 0 Å². The number of rotatable bonds is 4. The molecule has 2 heterocycles. The van der Waals surface area contributed by atoms with Gasteiger partial charge in [0.25, 0.3) is 0 Å². The van der Waals surface area contributed by atoms with Gasteiger partial charge in [-0.2, -0.15) is 0 Å². The molecule has 0 radical (unpaired) electrons. The van der Waals surface area contributed by atoms with E-state index in [0.717, 1.165) is 42.8 Å². The van der Waals surface area contributed by atoms with Gasteiger partial charge in [0.05, 0.1) is 7.11 Å². The Kier molecular flexibility index (Phi) is 3.83. The molecule has 1 N–H and O–H groups in total. The molecule has 1 aliphatic heterocycles. The molecule has 0 amide bonds. The highest BCUT2D eigenvalue weighted by Gasteiger charge is 2.54. The minimum absolute atomic E-state index is 0.0372. The first-order valence-electron chi connectivity index (χ1n) is 7.10. The molecule has 21 heavy (non-hydrogen) atoms. The molecule has 0 bridgehead atoms. The topological polar surface area (TPSA) is 65.4 Å². The van der Waals surface area contributed by atoms with E-state index >= 15 is 0 Å². The number of aryl methyl sites for hydroxylation is 1. The molecule has 7 heteroatoms. The van der Waals surface area contributed by atoms with Crippen molar-refractivity contribution in [2.45, 2.75) is 24.9 Å². The first kappa shape index (κ1) is 15.0. The number of nitrogens with zero attached hydrogens (tertiary/aromatic N) is 2. The second-order valence-electron chi connectivity index (χ2n) is 6.14. The summed E-state index contributed by atoms with van der Waals surface area (Å²) < 4.78 is 13.5. The summed E-state index contributed by atoms with van der Waals surface area (Å²) in [5.41, 5.74) is -0.217. The smallest absolute Gasteiger partial charge is 0.331 e. The number of carbonyl (C=O) groups is 1. The van der Waals surface area contributed by atoms with E-state index in [1.165, 1.54) is 7.11 Å². The summed E-state index contributed by atoms with van der Waals surface area (Å²) in [7, 11) is 3.34. The summed E-state index contributed by atoms with van der Waals surface area (Å²) in [6.07, 6.45) is 4.78. The highest BCUT2D eigenvalue weighted by molar-refractivity contribution is 9.10. The van der Waals surface area contributed by atoms with Crippen molar-refractivity contribution in [1.29, 1.82) is 0 Å². The van der Waals surface area contributed by atoms with Gasteiger partial charge in [-0.15, -0.1) is 0 Å². The second kappa shape index (κ2) is 5.37. The Hall–Kier alpha value is -0.920. The van der Waals surface area contributed by atoms with Gasteiger partial charge in [0, 0.05) is 26.3 Å². The van der Waals surface area contributed by atoms with Crippen molar-refractivity contribution in [3.63, 3.8) is 0 Å². The Labute approximate surface area is 132 Å². The molecule has 3 rings (SSSR count). The molecule has 2 aliphatic rings. The minimum Gasteiger partial charge on any atom is -0.467 e. The van der Waals surface area contributed by atoms with E-state index < -0.39 is 5.60 Å². The Bertz CT molecular complexity index is 556. The first-order chi connectivity index (χ1) is 9.99. The standard InChI is InChI=1S/C14H20BrN3O3/c1-18-5-10(15)17-12(18)14(21-6-11(19)20-2)4-3-13(7-14)8-16-9-13/h5,16H,3-4,6-9H2,1-2H3. The van der Waals surface area contributed by atoms with E-state index in [0.29, 0.717) is 0 Å². The van der Waals surface area contributed by atoms with Crippen molar-refractivity contribution in [3.05, 3.63) is 16.6 Å². The Morgan fingerprint density at radius 1 is 1.52 bits per heavy atom. The highest BCUT2D eigenvalue weighted by Crippen LogP contribution is 2.53. The average molecular weight is 358 g/mol. The zero-order chi connectivity index (χ0) is 15.1. The Balaban J connectivity index is 1.88. The third-order valence-electron chi connectivity index (χ3n) is 4.67. The molecule has 1 aromatic heterocycles. The van der Waals surface area contributed by atoms with Crippen molar-refractivity contribution >= 4 is 21.9 Å². The predicted molar refractivity (Wildman–Crippen MR) is 79.7 cm³/mol. The summed E-state index contributed by atoms with van der Waals surface area (Å²) in [5.74, 6) is 0.525. The average Bonchev–Trinajstić information content (AvgIpc) is 2.97. The van der Waals surface area contributed by atoms with Crippen LogP contribution in [-0.4, -0.2) is 42.3 Å². The third kappa shape index (κ3) is 2.62. The van der Waals surface area contributed by atoms with Crippen LogP contribution in [0.1, 0.15) is 25.1 Å². The van der Waals surface area contributed by atoms with E-state index in [-0.39, 0.29) is 18.0 Å². The van der Waals surface area contributed by atoms with E-state index in [2.05, 4.69) is 26.2 Å². The molecule has 1 aliphatic carbocycles. The van der Waals surface area contributed by atoms with Crippen LogP contribution >= 0.6 is 15.9 Å². The van der Waals surface area contributed by atoms with Gasteiger partial charge in [0.2, 0.25) is 0 Å². The molecule has 1 saturated heterocycles. The lowest BCUT2D eigenvalue weighted by Gasteiger charge is -2.41. The van der Waals surface area contributed by atoms with Crippen LogP contribution < -0.4 is 5.32 Å².